The van der Waals surface area contributed by atoms with Crippen LogP contribution < -0.4 is 0 Å². The van der Waals surface area contributed by atoms with Crippen LogP contribution in [0.2, 0.25) is 0 Å². The molecule has 1 heterocycles. The number of halogens is 2. The number of hydrogen-bond acceptors (Lipinski definition) is 2. The molecule has 2 nitrogen and oxygen atoms in total. The molecule has 0 aliphatic rings. The van der Waals surface area contributed by atoms with Gasteiger partial charge in [-0.05, 0) is 46.6 Å². The highest BCUT2D eigenvalue weighted by Crippen LogP contribution is 2.22. The first-order valence-corrected chi connectivity index (χ1v) is 6.36. The van der Waals surface area contributed by atoms with Crippen LogP contribution in [0.4, 0.5) is 4.39 Å². The lowest BCUT2D eigenvalue weighted by Crippen LogP contribution is -1.95. The summed E-state index contributed by atoms with van der Waals surface area (Å²) in [6, 6.07) is 6.59. The molecule has 0 fully saturated rings. The molecular formula is C12H10BrFN2S. The molecule has 0 saturated carbocycles. The van der Waals surface area contributed by atoms with Crippen LogP contribution in [0, 0.1) is 10.5 Å². The summed E-state index contributed by atoms with van der Waals surface area (Å²) in [6.07, 6.45) is 0.849. The summed E-state index contributed by atoms with van der Waals surface area (Å²) in [5.41, 5.74) is 1.82. The van der Waals surface area contributed by atoms with Crippen molar-refractivity contribution >= 4 is 28.1 Å². The summed E-state index contributed by atoms with van der Waals surface area (Å²) in [5.74, 6) is 0.369. The minimum absolute atomic E-state index is 0.293. The first kappa shape index (κ1) is 12.4. The quantitative estimate of drug-likeness (QED) is 0.839. The molecule has 0 spiro atoms. The largest absolute Gasteiger partial charge is 0.343 e. The van der Waals surface area contributed by atoms with Crippen LogP contribution >= 0.6 is 28.1 Å². The molecule has 2 rings (SSSR count). The predicted molar refractivity (Wildman–Crippen MR) is 71.9 cm³/mol. The zero-order valence-electron chi connectivity index (χ0n) is 9.13. The van der Waals surface area contributed by atoms with Gasteiger partial charge in [-0.1, -0.05) is 19.1 Å². The van der Waals surface area contributed by atoms with Crippen molar-refractivity contribution in [1.29, 1.82) is 0 Å². The molecule has 1 aromatic heterocycles. The maximum Gasteiger partial charge on any atom is 0.139 e. The number of benzene rings is 1. The second kappa shape index (κ2) is 5.06. The van der Waals surface area contributed by atoms with E-state index < -0.39 is 0 Å². The van der Waals surface area contributed by atoms with Crippen molar-refractivity contribution in [3.05, 3.63) is 44.9 Å². The van der Waals surface area contributed by atoms with Crippen LogP contribution in [0.25, 0.3) is 11.4 Å². The molecule has 0 radical (unpaired) electrons. The van der Waals surface area contributed by atoms with E-state index in [1.807, 2.05) is 13.0 Å². The Kier molecular flexibility index (Phi) is 3.69. The SMILES string of the molecule is CCc1cc(=S)nc(-c2ccc(F)c(Br)c2)[nH]1. The molecule has 88 valence electrons. The zero-order valence-corrected chi connectivity index (χ0v) is 11.5. The molecule has 0 atom stereocenters. The number of aromatic nitrogens is 2. The van der Waals surface area contributed by atoms with Crippen LogP contribution in [0.15, 0.2) is 28.7 Å². The lowest BCUT2D eigenvalue weighted by molar-refractivity contribution is 0.621. The summed E-state index contributed by atoms with van der Waals surface area (Å²) in [6.45, 7) is 2.03. The number of nitrogens with zero attached hydrogens (tertiary/aromatic N) is 1. The Morgan fingerprint density at radius 1 is 1.41 bits per heavy atom. The van der Waals surface area contributed by atoms with Crippen LogP contribution in [0.3, 0.4) is 0 Å². The Balaban J connectivity index is 2.55. The van der Waals surface area contributed by atoms with Gasteiger partial charge in [-0.2, -0.15) is 0 Å². The van der Waals surface area contributed by atoms with E-state index in [-0.39, 0.29) is 5.82 Å². The topological polar surface area (TPSA) is 28.7 Å². The van der Waals surface area contributed by atoms with E-state index in [2.05, 4.69) is 25.9 Å². The normalized spacial score (nSPS) is 10.5. The van der Waals surface area contributed by atoms with Gasteiger partial charge >= 0.3 is 0 Å². The third kappa shape index (κ3) is 2.79. The van der Waals surface area contributed by atoms with Gasteiger partial charge in [0.15, 0.2) is 0 Å². The average molecular weight is 313 g/mol. The van der Waals surface area contributed by atoms with E-state index >= 15 is 0 Å². The maximum atomic E-state index is 13.1. The molecule has 5 heteroatoms. The van der Waals surface area contributed by atoms with Crippen LogP contribution in [0.1, 0.15) is 12.6 Å². The molecule has 0 saturated heterocycles. The van der Waals surface area contributed by atoms with Crippen molar-refractivity contribution in [2.75, 3.05) is 0 Å². The fraction of sp³-hybridized carbons (Fsp3) is 0.167. The Labute approximate surface area is 112 Å². The minimum Gasteiger partial charge on any atom is -0.343 e. The highest BCUT2D eigenvalue weighted by atomic mass is 79.9. The summed E-state index contributed by atoms with van der Waals surface area (Å²) in [5, 5.41) is 0. The van der Waals surface area contributed by atoms with E-state index in [0.29, 0.717) is 14.9 Å². The molecule has 0 unspecified atom stereocenters. The fourth-order valence-electron chi connectivity index (χ4n) is 1.48. The molecule has 1 N–H and O–H groups in total. The van der Waals surface area contributed by atoms with Gasteiger partial charge in [0.25, 0.3) is 0 Å². The number of hydrogen-bond donors (Lipinski definition) is 1. The van der Waals surface area contributed by atoms with Gasteiger partial charge in [0.2, 0.25) is 0 Å². The van der Waals surface area contributed by atoms with E-state index in [9.17, 15) is 4.39 Å². The predicted octanol–water partition coefficient (Wildman–Crippen LogP) is 4.27. The van der Waals surface area contributed by atoms with Gasteiger partial charge in [-0.3, -0.25) is 0 Å². The van der Waals surface area contributed by atoms with E-state index in [4.69, 9.17) is 12.2 Å². The lowest BCUT2D eigenvalue weighted by atomic mass is 10.2. The third-order valence-corrected chi connectivity index (χ3v) is 3.19. The molecule has 0 bridgehead atoms. The Morgan fingerprint density at radius 3 is 2.82 bits per heavy atom. The van der Waals surface area contributed by atoms with Crippen molar-refractivity contribution in [3.8, 4) is 11.4 Å². The molecule has 2 aromatic rings. The van der Waals surface area contributed by atoms with Crippen molar-refractivity contribution in [1.82, 2.24) is 9.97 Å². The number of aryl methyl sites for hydroxylation is 1. The highest BCUT2D eigenvalue weighted by molar-refractivity contribution is 9.10. The lowest BCUT2D eigenvalue weighted by Gasteiger charge is -2.05. The van der Waals surface area contributed by atoms with E-state index in [1.54, 1.807) is 12.1 Å². The third-order valence-electron chi connectivity index (χ3n) is 2.37. The van der Waals surface area contributed by atoms with Gasteiger partial charge in [0.1, 0.15) is 16.3 Å². The second-order valence-electron chi connectivity index (χ2n) is 3.58. The van der Waals surface area contributed by atoms with Gasteiger partial charge in [-0.25, -0.2) is 9.37 Å². The summed E-state index contributed by atoms with van der Waals surface area (Å²) >= 11 is 8.25. The summed E-state index contributed by atoms with van der Waals surface area (Å²) in [4.78, 5) is 7.42. The molecule has 0 aliphatic heterocycles. The second-order valence-corrected chi connectivity index (χ2v) is 4.85. The smallest absolute Gasteiger partial charge is 0.139 e. The van der Waals surface area contributed by atoms with E-state index in [1.165, 1.54) is 6.07 Å². The molecule has 0 aliphatic carbocycles. The molecule has 17 heavy (non-hydrogen) atoms. The summed E-state index contributed by atoms with van der Waals surface area (Å²) < 4.78 is 14.1. The molecule has 0 amide bonds. The Hall–Kier alpha value is -1.07. The fourth-order valence-corrected chi connectivity index (χ4v) is 2.09. The van der Waals surface area contributed by atoms with Crippen LogP contribution in [0.5, 0.6) is 0 Å². The van der Waals surface area contributed by atoms with Crippen molar-refractivity contribution < 1.29 is 4.39 Å². The Bertz CT molecular complexity index is 610. The average Bonchev–Trinajstić information content (AvgIpc) is 2.32. The van der Waals surface area contributed by atoms with Gasteiger partial charge < -0.3 is 4.98 Å². The number of rotatable bonds is 2. The van der Waals surface area contributed by atoms with Crippen LogP contribution in [-0.2, 0) is 6.42 Å². The highest BCUT2D eigenvalue weighted by Gasteiger charge is 2.05. The first-order chi connectivity index (χ1) is 8.10. The number of aromatic amines is 1. The zero-order chi connectivity index (χ0) is 12.4. The molecular weight excluding hydrogens is 303 g/mol. The number of nitrogens with one attached hydrogen (secondary N) is 1. The monoisotopic (exact) mass is 312 g/mol. The summed E-state index contributed by atoms with van der Waals surface area (Å²) in [7, 11) is 0. The number of H-pyrrole nitrogens is 1. The van der Waals surface area contributed by atoms with Crippen molar-refractivity contribution in [3.63, 3.8) is 0 Å². The van der Waals surface area contributed by atoms with E-state index in [0.717, 1.165) is 17.7 Å². The van der Waals surface area contributed by atoms with Gasteiger partial charge in [0.05, 0.1) is 4.47 Å². The van der Waals surface area contributed by atoms with Crippen molar-refractivity contribution in [2.45, 2.75) is 13.3 Å². The maximum absolute atomic E-state index is 13.1. The first-order valence-electron chi connectivity index (χ1n) is 5.16. The Morgan fingerprint density at radius 2 is 2.18 bits per heavy atom. The molecule has 1 aromatic carbocycles. The minimum atomic E-state index is -0.293. The van der Waals surface area contributed by atoms with Crippen molar-refractivity contribution in [2.24, 2.45) is 0 Å². The van der Waals surface area contributed by atoms with Gasteiger partial charge in [0, 0.05) is 11.3 Å². The standard InChI is InChI=1S/C12H10BrFN2S/c1-2-8-6-11(17)16-12(15-8)7-3-4-10(14)9(13)5-7/h3-6H,2H2,1H3,(H,15,16,17). The van der Waals surface area contributed by atoms with Crippen LogP contribution in [-0.4, -0.2) is 9.97 Å². The van der Waals surface area contributed by atoms with Gasteiger partial charge in [-0.15, -0.1) is 0 Å².